The van der Waals surface area contributed by atoms with Gasteiger partial charge in [-0.1, -0.05) is 36.8 Å². The number of aromatic nitrogens is 3. The van der Waals surface area contributed by atoms with Crippen molar-refractivity contribution in [3.63, 3.8) is 0 Å². The summed E-state index contributed by atoms with van der Waals surface area (Å²) < 4.78 is 7.74. The highest BCUT2D eigenvalue weighted by Gasteiger charge is 2.23. The summed E-state index contributed by atoms with van der Waals surface area (Å²) in [7, 11) is 0. The Morgan fingerprint density at radius 2 is 2.30 bits per heavy atom. The van der Waals surface area contributed by atoms with Crippen LogP contribution in [0.3, 0.4) is 0 Å². The minimum atomic E-state index is -0.0181. The molecule has 0 saturated heterocycles. The maximum absolute atomic E-state index is 6.05. The molecule has 2 heterocycles. The second kappa shape index (κ2) is 5.63. The van der Waals surface area contributed by atoms with Crippen LogP contribution < -0.4 is 10.5 Å². The Morgan fingerprint density at radius 1 is 1.45 bits per heavy atom. The third-order valence-corrected chi connectivity index (χ3v) is 3.64. The van der Waals surface area contributed by atoms with E-state index in [1.165, 1.54) is 5.56 Å². The summed E-state index contributed by atoms with van der Waals surface area (Å²) in [5, 5.41) is 8.31. The lowest BCUT2D eigenvalue weighted by Crippen LogP contribution is -2.21. The lowest BCUT2D eigenvalue weighted by Gasteiger charge is -2.10. The predicted octanol–water partition coefficient (Wildman–Crippen LogP) is 2.08. The molecule has 0 amide bonds. The Hall–Kier alpha value is -1.88. The van der Waals surface area contributed by atoms with Crippen molar-refractivity contribution in [1.29, 1.82) is 0 Å². The van der Waals surface area contributed by atoms with Gasteiger partial charge in [0.15, 0.2) is 0 Å². The quantitative estimate of drug-likeness (QED) is 0.905. The first-order valence-electron chi connectivity index (χ1n) is 7.16. The molecule has 0 saturated carbocycles. The van der Waals surface area contributed by atoms with Gasteiger partial charge in [-0.15, -0.1) is 5.10 Å². The summed E-state index contributed by atoms with van der Waals surface area (Å²) in [6.45, 7) is 2.83. The molecule has 0 bridgehead atoms. The zero-order valence-corrected chi connectivity index (χ0v) is 11.7. The van der Waals surface area contributed by atoms with Crippen molar-refractivity contribution in [2.75, 3.05) is 0 Å². The number of para-hydroxylation sites is 1. The maximum Gasteiger partial charge on any atom is 0.123 e. The average molecular weight is 272 g/mol. The van der Waals surface area contributed by atoms with Crippen molar-refractivity contribution in [3.05, 3.63) is 41.7 Å². The van der Waals surface area contributed by atoms with Crippen molar-refractivity contribution in [3.8, 4) is 5.75 Å². The molecule has 1 aromatic carbocycles. The summed E-state index contributed by atoms with van der Waals surface area (Å²) in [6, 6.07) is 8.15. The van der Waals surface area contributed by atoms with E-state index in [9.17, 15) is 0 Å². The standard InChI is InChI=1S/C15H20N4O/c1-2-5-13(16)14-10-19(18-17-14)9-12-8-11-6-3-4-7-15(11)20-12/h3-4,6-7,10,12-13H,2,5,8-9,16H2,1H3. The fourth-order valence-electron chi connectivity index (χ4n) is 2.60. The van der Waals surface area contributed by atoms with Crippen molar-refractivity contribution < 1.29 is 4.74 Å². The molecule has 2 N–H and O–H groups in total. The minimum Gasteiger partial charge on any atom is -0.488 e. The van der Waals surface area contributed by atoms with E-state index in [0.29, 0.717) is 6.54 Å². The fourth-order valence-corrected chi connectivity index (χ4v) is 2.60. The summed E-state index contributed by atoms with van der Waals surface area (Å²) in [5.41, 5.74) is 8.18. The van der Waals surface area contributed by atoms with E-state index < -0.39 is 0 Å². The maximum atomic E-state index is 6.05. The topological polar surface area (TPSA) is 66.0 Å². The van der Waals surface area contributed by atoms with Gasteiger partial charge in [0.05, 0.1) is 24.5 Å². The summed E-state index contributed by atoms with van der Waals surface area (Å²) in [6.07, 6.45) is 4.97. The van der Waals surface area contributed by atoms with E-state index >= 15 is 0 Å². The highest BCUT2D eigenvalue weighted by atomic mass is 16.5. The zero-order valence-electron chi connectivity index (χ0n) is 11.7. The molecule has 5 nitrogen and oxygen atoms in total. The highest BCUT2D eigenvalue weighted by molar-refractivity contribution is 5.37. The second-order valence-corrected chi connectivity index (χ2v) is 5.31. The number of rotatable bonds is 5. The molecule has 1 aliphatic rings. The predicted molar refractivity (Wildman–Crippen MR) is 76.4 cm³/mol. The lowest BCUT2D eigenvalue weighted by molar-refractivity contribution is 0.202. The van der Waals surface area contributed by atoms with E-state index in [4.69, 9.17) is 10.5 Å². The van der Waals surface area contributed by atoms with E-state index in [-0.39, 0.29) is 12.1 Å². The molecular formula is C15H20N4O. The summed E-state index contributed by atoms with van der Waals surface area (Å²) in [5.74, 6) is 0.987. The molecule has 2 aromatic rings. The fraction of sp³-hybridized carbons (Fsp3) is 0.467. The first-order chi connectivity index (χ1) is 9.76. The number of fused-ring (bicyclic) bond motifs is 1. The Morgan fingerprint density at radius 3 is 3.10 bits per heavy atom. The van der Waals surface area contributed by atoms with Gasteiger partial charge in [0.2, 0.25) is 0 Å². The van der Waals surface area contributed by atoms with Crippen LogP contribution >= 0.6 is 0 Å². The van der Waals surface area contributed by atoms with Crippen LogP contribution in [0.2, 0.25) is 0 Å². The molecule has 106 valence electrons. The van der Waals surface area contributed by atoms with Gasteiger partial charge in [-0.25, -0.2) is 4.68 Å². The van der Waals surface area contributed by atoms with Gasteiger partial charge in [-0.05, 0) is 18.1 Å². The molecule has 20 heavy (non-hydrogen) atoms. The number of hydrogen-bond donors (Lipinski definition) is 1. The molecule has 2 unspecified atom stereocenters. The summed E-state index contributed by atoms with van der Waals surface area (Å²) in [4.78, 5) is 0. The Kier molecular flexibility index (Phi) is 3.69. The zero-order chi connectivity index (χ0) is 13.9. The number of hydrogen-bond acceptors (Lipinski definition) is 4. The summed E-state index contributed by atoms with van der Waals surface area (Å²) >= 11 is 0. The lowest BCUT2D eigenvalue weighted by atomic mass is 10.1. The van der Waals surface area contributed by atoms with Crippen LogP contribution in [0.1, 0.15) is 37.1 Å². The van der Waals surface area contributed by atoms with Crippen LogP contribution in [0.15, 0.2) is 30.5 Å². The molecule has 5 heteroatoms. The van der Waals surface area contributed by atoms with Crippen molar-refractivity contribution in [1.82, 2.24) is 15.0 Å². The molecule has 1 aromatic heterocycles. The van der Waals surface area contributed by atoms with Crippen LogP contribution in [-0.2, 0) is 13.0 Å². The van der Waals surface area contributed by atoms with Gasteiger partial charge in [0.25, 0.3) is 0 Å². The van der Waals surface area contributed by atoms with Gasteiger partial charge in [-0.3, -0.25) is 0 Å². The normalized spacial score (nSPS) is 18.6. The van der Waals surface area contributed by atoms with Crippen LogP contribution in [0.4, 0.5) is 0 Å². The van der Waals surface area contributed by atoms with Crippen LogP contribution in [0.25, 0.3) is 0 Å². The largest absolute Gasteiger partial charge is 0.488 e. The minimum absolute atomic E-state index is 0.0181. The smallest absolute Gasteiger partial charge is 0.123 e. The van der Waals surface area contributed by atoms with Gasteiger partial charge >= 0.3 is 0 Å². The van der Waals surface area contributed by atoms with E-state index in [0.717, 1.165) is 30.7 Å². The number of ether oxygens (including phenoxy) is 1. The van der Waals surface area contributed by atoms with E-state index in [1.807, 2.05) is 29.1 Å². The molecule has 0 spiro atoms. The third kappa shape index (κ3) is 2.67. The molecule has 3 rings (SSSR count). The van der Waals surface area contributed by atoms with Crippen LogP contribution in [0, 0.1) is 0 Å². The van der Waals surface area contributed by atoms with Crippen molar-refractivity contribution in [2.24, 2.45) is 5.73 Å². The molecule has 1 aliphatic heterocycles. The SMILES string of the molecule is CCCC(N)c1cn(CC2Cc3ccccc3O2)nn1. The number of nitrogens with zero attached hydrogens (tertiary/aromatic N) is 3. The van der Waals surface area contributed by atoms with Gasteiger partial charge in [0, 0.05) is 6.42 Å². The Bertz CT molecular complexity index is 556. The molecule has 0 radical (unpaired) electrons. The number of nitrogens with two attached hydrogens (primary N) is 1. The molecule has 2 atom stereocenters. The second-order valence-electron chi connectivity index (χ2n) is 5.31. The number of benzene rings is 1. The molecule has 0 aliphatic carbocycles. The van der Waals surface area contributed by atoms with Crippen molar-refractivity contribution in [2.45, 2.75) is 44.9 Å². The van der Waals surface area contributed by atoms with Crippen LogP contribution in [0.5, 0.6) is 5.75 Å². The Balaban J connectivity index is 1.63. The first kappa shape index (κ1) is 13.1. The highest BCUT2D eigenvalue weighted by Crippen LogP contribution is 2.28. The van der Waals surface area contributed by atoms with E-state index in [2.05, 4.69) is 23.3 Å². The Labute approximate surface area is 118 Å². The van der Waals surface area contributed by atoms with Gasteiger partial charge < -0.3 is 10.5 Å². The monoisotopic (exact) mass is 272 g/mol. The third-order valence-electron chi connectivity index (χ3n) is 3.64. The van der Waals surface area contributed by atoms with Crippen LogP contribution in [-0.4, -0.2) is 21.1 Å². The average Bonchev–Trinajstić information content (AvgIpc) is 3.05. The van der Waals surface area contributed by atoms with Crippen molar-refractivity contribution >= 4 is 0 Å². The molecule has 0 fully saturated rings. The van der Waals surface area contributed by atoms with Gasteiger partial charge in [0.1, 0.15) is 11.9 Å². The first-order valence-corrected chi connectivity index (χ1v) is 7.16. The molecular weight excluding hydrogens is 252 g/mol. The van der Waals surface area contributed by atoms with E-state index in [1.54, 1.807) is 0 Å². The van der Waals surface area contributed by atoms with Gasteiger partial charge in [-0.2, -0.15) is 0 Å².